The third-order valence-corrected chi connectivity index (χ3v) is 20.8. The number of ether oxygens (including phenoxy) is 3. The number of hydrogen-bond acceptors (Lipinski definition) is 17. The zero-order chi connectivity index (χ0) is 70.7. The Morgan fingerprint density at radius 3 is 1.98 bits per heavy atom. The van der Waals surface area contributed by atoms with Gasteiger partial charge in [0.05, 0.1) is 29.5 Å². The number of Topliss-reactive ketones (excluding diaryl/α,β-unsaturated/α-hetero) is 2. The summed E-state index contributed by atoms with van der Waals surface area (Å²) >= 11 is 0. The van der Waals surface area contributed by atoms with Crippen LogP contribution in [0.3, 0.4) is 0 Å². The number of aliphatic hydroxyl groups excluding tert-OH is 1. The number of rotatable bonds is 29. The molecule has 8 rings (SSSR count). The fraction of sp³-hybridized carbons (Fsp3) is 0.473. The van der Waals surface area contributed by atoms with Crippen LogP contribution in [0.25, 0.3) is 6.08 Å². The van der Waals surface area contributed by atoms with Gasteiger partial charge in [-0.1, -0.05) is 107 Å². The van der Waals surface area contributed by atoms with Gasteiger partial charge in [0, 0.05) is 67.0 Å². The molecule has 0 heterocycles. The van der Waals surface area contributed by atoms with Gasteiger partial charge in [-0.3, -0.25) is 43.2 Å². The Morgan fingerprint density at radius 1 is 0.742 bits per heavy atom. The number of nitrogens with two attached hydrogens (primary N) is 2. The Morgan fingerprint density at radius 2 is 1.37 bits per heavy atom. The minimum Gasteiger partial charge on any atom is -0.508 e. The number of aliphatic hydroxyl groups is 2. The van der Waals surface area contributed by atoms with Crippen LogP contribution in [0.4, 0.5) is 0 Å². The molecule has 0 radical (unpaired) electrons. The quantitative estimate of drug-likeness (QED) is 0.00919. The van der Waals surface area contributed by atoms with Crippen LogP contribution in [-0.2, 0) is 57.4 Å². The Bertz CT molecular complexity index is 3660. The molecule has 3 fully saturated rings. The average Bonchev–Trinajstić information content (AvgIpc) is 0.674. The van der Waals surface area contributed by atoms with Gasteiger partial charge in [-0.05, 0) is 142 Å². The maximum Gasteiger partial charge on any atom is 0.350 e. The van der Waals surface area contributed by atoms with Gasteiger partial charge in [0.2, 0.25) is 35.6 Å². The summed E-state index contributed by atoms with van der Waals surface area (Å²) in [5, 5.41) is 46.3. The molecule has 23 nitrogen and oxygen atoms in total. The normalized spacial score (nSPS) is 25.4. The summed E-state index contributed by atoms with van der Waals surface area (Å²) in [6, 6.07) is 27.1. The molecule has 11 N–H and O–H groups in total. The van der Waals surface area contributed by atoms with Crippen LogP contribution in [0.5, 0.6) is 5.75 Å². The van der Waals surface area contributed by atoms with E-state index in [0.717, 1.165) is 6.42 Å². The van der Waals surface area contributed by atoms with Gasteiger partial charge in [0.25, 0.3) is 5.91 Å². The number of ketones is 2. The molecule has 0 spiro atoms. The van der Waals surface area contributed by atoms with Gasteiger partial charge in [0.15, 0.2) is 5.78 Å². The molecule has 0 aliphatic heterocycles. The van der Waals surface area contributed by atoms with Crippen LogP contribution < -0.4 is 32.7 Å². The molecule has 3 saturated carbocycles. The van der Waals surface area contributed by atoms with Crippen molar-refractivity contribution in [3.05, 3.63) is 155 Å². The first kappa shape index (κ1) is 73.5. The van der Waals surface area contributed by atoms with Crippen molar-refractivity contribution >= 4 is 71.0 Å². The highest BCUT2D eigenvalue weighted by atomic mass is 16.6. The molecule has 4 aromatic carbocycles. The second-order valence-electron chi connectivity index (χ2n) is 27.3. The number of unbranched alkanes of at least 4 members (excludes halogenated alkanes) is 1. The zero-order valence-electron chi connectivity index (χ0n) is 55.9. The molecule has 518 valence electrons. The van der Waals surface area contributed by atoms with E-state index in [4.69, 9.17) is 25.7 Å². The minimum absolute atomic E-state index is 0.0523. The van der Waals surface area contributed by atoms with Crippen LogP contribution in [0, 0.1) is 39.9 Å². The van der Waals surface area contributed by atoms with Gasteiger partial charge in [-0.15, -0.1) is 0 Å². The number of amides is 6. The number of primary amides is 2. The number of phenolic OH excluding ortho intramolecular Hbond substituents is 1. The van der Waals surface area contributed by atoms with E-state index in [9.17, 15) is 58.5 Å². The summed E-state index contributed by atoms with van der Waals surface area (Å²) in [6.45, 7) is 12.2. The standard InChI is InChI=1S/C74H90N6O17/c1-42-54(41-74(94)65(97-69(92)48-23-15-10-16-24-48)63-72(6)37-36-50(72)40-55(83)73(63,7)64(88)43(2)60(42)71(74,4)5)95-70(93)62(61(46-19-11-8-12-20-46)80-68(91)47-21-13-9-14-22-47)96-59(87)35-34-56(84)77-38-18-17-25-52(67(76)90)79-58(86)33-29-49(66(75)89)39-53(82)44(3)78-57(85)32-28-45-26-30-51(81)31-27-45/h8-16,19-24,26-28,30-32,43-44,49-50,52,54-55,61-63,65,81,83,94H,17-18,25,29,33-41H2,1-7H3,(H2,75,89)(H2,76,90)(H,77,84)(H,78,85)(H,79,86)(H,80,91)/b32-28+/t43-,44?,49-,50-,52?,54+,55+,61-,62-,63-,65+,72-,73-,74-/m1/s1. The molecule has 4 aliphatic carbocycles. The Hall–Kier alpha value is -9.35. The van der Waals surface area contributed by atoms with Crippen molar-refractivity contribution in [3.63, 3.8) is 0 Å². The molecule has 2 bridgehead atoms. The average molecular weight is 1340 g/mol. The van der Waals surface area contributed by atoms with E-state index in [0.29, 0.717) is 35.1 Å². The minimum atomic E-state index is -2.11. The van der Waals surface area contributed by atoms with Crippen molar-refractivity contribution < 1.29 is 82.3 Å². The van der Waals surface area contributed by atoms with Crippen molar-refractivity contribution in [2.75, 3.05) is 6.54 Å². The first-order valence-electron chi connectivity index (χ1n) is 33.1. The second-order valence-corrected chi connectivity index (χ2v) is 27.3. The SMILES string of the molecule is CC1=C2[C@@H](C)C(=O)[C@@]3(C)[C@H]([C@H](OC(=O)c4ccccc4)[C@](O)(C[C@@H]1OC(=O)[C@H](OC(=O)CCC(=O)NCCCCC(NC(=O)CC[C@H](CC(=O)C(C)NC(=O)/C=C/c1ccc(O)cc1)C(N)=O)C(N)=O)[C@H](NC(=O)c1ccccc1)c1ccccc1)C2(C)C)[C@]1(C)CC[C@@H]1C[C@@H]3O. The predicted molar refractivity (Wildman–Crippen MR) is 355 cm³/mol. The van der Waals surface area contributed by atoms with E-state index in [1.165, 1.54) is 31.2 Å². The fourth-order valence-electron chi connectivity index (χ4n) is 15.1. The third kappa shape index (κ3) is 16.6. The molecule has 0 saturated heterocycles. The third-order valence-electron chi connectivity index (χ3n) is 20.8. The molecule has 14 atom stereocenters. The Labute approximate surface area is 564 Å². The maximum atomic E-state index is 15.6. The number of carbonyl (C=O) groups excluding carboxylic acids is 11. The number of fused-ring (bicyclic) bond motifs is 5. The maximum absolute atomic E-state index is 15.6. The van der Waals surface area contributed by atoms with E-state index in [1.807, 2.05) is 6.92 Å². The van der Waals surface area contributed by atoms with E-state index in [-0.39, 0.29) is 80.1 Å². The van der Waals surface area contributed by atoms with Crippen molar-refractivity contribution in [3.8, 4) is 5.75 Å². The number of aromatic hydroxyl groups is 1. The van der Waals surface area contributed by atoms with Gasteiger partial charge in [-0.25, -0.2) is 9.59 Å². The van der Waals surface area contributed by atoms with Crippen LogP contribution in [-0.4, -0.2) is 129 Å². The van der Waals surface area contributed by atoms with E-state index < -0.39 is 154 Å². The first-order valence-corrected chi connectivity index (χ1v) is 33.1. The van der Waals surface area contributed by atoms with Crippen LogP contribution in [0.2, 0.25) is 0 Å². The zero-order valence-corrected chi connectivity index (χ0v) is 55.9. The monoisotopic (exact) mass is 1330 g/mol. The number of esters is 3. The lowest BCUT2D eigenvalue weighted by Crippen LogP contribution is -2.74. The van der Waals surface area contributed by atoms with Gasteiger partial charge in [0.1, 0.15) is 41.4 Å². The lowest BCUT2D eigenvalue weighted by molar-refractivity contribution is -0.265. The van der Waals surface area contributed by atoms with Crippen LogP contribution in [0.1, 0.15) is 163 Å². The second kappa shape index (κ2) is 31.2. The highest BCUT2D eigenvalue weighted by Crippen LogP contribution is 2.70. The Kier molecular flexibility index (Phi) is 23.7. The number of nitrogens with one attached hydrogen (secondary N) is 4. The molecule has 4 aliphatic rings. The molecular weight excluding hydrogens is 1240 g/mol. The van der Waals surface area contributed by atoms with Crippen molar-refractivity contribution in [2.45, 2.75) is 174 Å². The number of carbonyl (C=O) groups is 11. The predicted octanol–water partition coefficient (Wildman–Crippen LogP) is 6.51. The highest BCUT2D eigenvalue weighted by molar-refractivity contribution is 5.98. The molecule has 0 aromatic heterocycles. The largest absolute Gasteiger partial charge is 0.508 e. The summed E-state index contributed by atoms with van der Waals surface area (Å²) in [4.78, 5) is 150. The summed E-state index contributed by atoms with van der Waals surface area (Å²) in [5.74, 6) is -11.0. The van der Waals surface area contributed by atoms with E-state index in [1.54, 1.807) is 138 Å². The smallest absolute Gasteiger partial charge is 0.350 e. The fourth-order valence-corrected chi connectivity index (χ4v) is 15.1. The van der Waals surface area contributed by atoms with Crippen LogP contribution >= 0.6 is 0 Å². The van der Waals surface area contributed by atoms with Crippen molar-refractivity contribution in [1.82, 2.24) is 21.3 Å². The number of benzene rings is 4. The van der Waals surface area contributed by atoms with Gasteiger partial charge in [-0.2, -0.15) is 0 Å². The molecule has 97 heavy (non-hydrogen) atoms. The summed E-state index contributed by atoms with van der Waals surface area (Å²) in [7, 11) is 0. The van der Waals surface area contributed by atoms with Crippen molar-refractivity contribution in [1.29, 1.82) is 0 Å². The number of phenols is 1. The summed E-state index contributed by atoms with van der Waals surface area (Å²) in [5.41, 5.74) is 7.67. The molecule has 6 amide bonds. The molecular formula is C74H90N6O17. The van der Waals surface area contributed by atoms with Gasteiger partial charge >= 0.3 is 17.9 Å². The van der Waals surface area contributed by atoms with Crippen molar-refractivity contribution in [2.24, 2.45) is 51.4 Å². The first-order chi connectivity index (χ1) is 45.9. The topological polar surface area (TPSA) is 376 Å². The lowest BCUT2D eigenvalue weighted by atomic mass is 9.37. The molecule has 4 aromatic rings. The highest BCUT2D eigenvalue weighted by Gasteiger charge is 2.74. The molecule has 23 heteroatoms. The van der Waals surface area contributed by atoms with Crippen LogP contribution in [0.15, 0.2) is 132 Å². The summed E-state index contributed by atoms with van der Waals surface area (Å²) in [6.07, 6.45) is -3.17. The van der Waals surface area contributed by atoms with E-state index >= 15 is 9.59 Å². The van der Waals surface area contributed by atoms with Gasteiger partial charge < -0.3 is 62.3 Å². The van der Waals surface area contributed by atoms with E-state index in [2.05, 4.69) is 21.3 Å². The Balaban J connectivity index is 0.933. The number of hydrogen-bond donors (Lipinski definition) is 9. The molecule has 2 unspecified atom stereocenters. The summed E-state index contributed by atoms with van der Waals surface area (Å²) < 4.78 is 19.2. The lowest BCUT2D eigenvalue weighted by Gasteiger charge is -2.68.